The van der Waals surface area contributed by atoms with Crippen molar-refractivity contribution in [3.63, 3.8) is 0 Å². The number of fused-ring (bicyclic) bond motifs is 1. The Morgan fingerprint density at radius 3 is 2.47 bits per heavy atom. The van der Waals surface area contributed by atoms with Gasteiger partial charge in [0.15, 0.2) is 18.1 Å². The molecule has 0 radical (unpaired) electrons. The van der Waals surface area contributed by atoms with E-state index in [1.807, 2.05) is 12.1 Å². The van der Waals surface area contributed by atoms with Crippen molar-refractivity contribution in [3.05, 3.63) is 88.9 Å². The maximum Gasteiger partial charge on any atom is 0.342 e. The summed E-state index contributed by atoms with van der Waals surface area (Å²) in [5.41, 5.74) is 0.885. The van der Waals surface area contributed by atoms with Crippen LogP contribution in [0.3, 0.4) is 0 Å². The molecule has 1 heterocycles. The van der Waals surface area contributed by atoms with E-state index in [9.17, 15) is 14.4 Å². The molecule has 4 rings (SSSR count). The second kappa shape index (κ2) is 10.7. The minimum absolute atomic E-state index is 0.0495. The third-order valence-electron chi connectivity index (χ3n) is 4.85. The Balaban J connectivity index is 1.29. The minimum Gasteiger partial charge on any atom is -0.488 e. The van der Waals surface area contributed by atoms with Crippen molar-refractivity contribution in [3.8, 4) is 17.2 Å². The van der Waals surface area contributed by atoms with Crippen LogP contribution in [0.1, 0.15) is 15.9 Å². The molecule has 0 spiro atoms. The number of carbonyl (C=O) groups is 3. The van der Waals surface area contributed by atoms with Gasteiger partial charge in [0.05, 0.1) is 0 Å². The first kappa shape index (κ1) is 23.1. The molecule has 1 aliphatic heterocycles. The summed E-state index contributed by atoms with van der Waals surface area (Å²) in [5, 5.41) is 2.69. The number of rotatable bonds is 7. The highest BCUT2D eigenvalue weighted by molar-refractivity contribution is 6.31. The molecule has 8 nitrogen and oxygen atoms in total. The summed E-state index contributed by atoms with van der Waals surface area (Å²) in [6.07, 6.45) is -1.01. The summed E-state index contributed by atoms with van der Waals surface area (Å²) in [6, 6.07) is 20.5. The van der Waals surface area contributed by atoms with E-state index in [2.05, 4.69) is 5.32 Å². The van der Waals surface area contributed by atoms with Crippen molar-refractivity contribution in [1.82, 2.24) is 5.32 Å². The lowest BCUT2D eigenvalue weighted by Gasteiger charge is -2.25. The van der Waals surface area contributed by atoms with Crippen LogP contribution < -0.4 is 19.5 Å². The Bertz CT molecular complexity index is 1210. The van der Waals surface area contributed by atoms with Crippen LogP contribution >= 0.6 is 11.6 Å². The zero-order valence-corrected chi connectivity index (χ0v) is 18.6. The summed E-state index contributed by atoms with van der Waals surface area (Å²) in [4.78, 5) is 37.0. The number of para-hydroxylation sites is 3. The number of ether oxygens (including phenoxy) is 4. The predicted octanol–water partition coefficient (Wildman–Crippen LogP) is 3.56. The molecule has 9 heteroatoms. The number of benzene rings is 3. The van der Waals surface area contributed by atoms with Crippen molar-refractivity contribution < 1.29 is 33.3 Å². The first-order valence-electron chi connectivity index (χ1n) is 10.4. The zero-order valence-electron chi connectivity index (χ0n) is 17.9. The van der Waals surface area contributed by atoms with E-state index >= 15 is 0 Å². The monoisotopic (exact) mass is 481 g/mol. The maximum absolute atomic E-state index is 12.5. The highest BCUT2D eigenvalue weighted by Crippen LogP contribution is 2.30. The summed E-state index contributed by atoms with van der Waals surface area (Å²) >= 11 is 6.14. The van der Waals surface area contributed by atoms with Gasteiger partial charge in [-0.15, -0.1) is 0 Å². The number of halogens is 1. The zero-order chi connectivity index (χ0) is 23.9. The number of imide groups is 1. The van der Waals surface area contributed by atoms with Crippen molar-refractivity contribution in [2.75, 3.05) is 13.2 Å². The van der Waals surface area contributed by atoms with Crippen LogP contribution in [0.5, 0.6) is 17.2 Å². The molecule has 0 bridgehead atoms. The lowest BCUT2D eigenvalue weighted by Crippen LogP contribution is -2.47. The molecular formula is C25H20ClNO7. The number of hydrogen-bond acceptors (Lipinski definition) is 7. The minimum atomic E-state index is -1.01. The van der Waals surface area contributed by atoms with Gasteiger partial charge in [0, 0.05) is 10.6 Å². The van der Waals surface area contributed by atoms with Crippen LogP contribution in [-0.2, 0) is 20.9 Å². The largest absolute Gasteiger partial charge is 0.488 e. The van der Waals surface area contributed by atoms with E-state index in [-0.39, 0.29) is 24.5 Å². The lowest BCUT2D eigenvalue weighted by atomic mass is 10.2. The van der Waals surface area contributed by atoms with E-state index in [0.717, 1.165) is 5.56 Å². The lowest BCUT2D eigenvalue weighted by molar-refractivity contribution is -0.137. The van der Waals surface area contributed by atoms with Crippen LogP contribution in [0.4, 0.5) is 0 Å². The van der Waals surface area contributed by atoms with Gasteiger partial charge in [-0.05, 0) is 30.3 Å². The Labute approximate surface area is 200 Å². The molecule has 2 amide bonds. The van der Waals surface area contributed by atoms with E-state index in [1.54, 1.807) is 54.6 Å². The number of nitrogens with one attached hydrogen (secondary N) is 1. The van der Waals surface area contributed by atoms with E-state index in [0.29, 0.717) is 16.5 Å². The SMILES string of the molecule is O=C(COC(=O)c1ccccc1OCc1ccccc1Cl)NC(=O)[C@H]1COc2ccccc2O1. The van der Waals surface area contributed by atoms with E-state index in [1.165, 1.54) is 6.07 Å². The van der Waals surface area contributed by atoms with Gasteiger partial charge in [-0.25, -0.2) is 4.79 Å². The van der Waals surface area contributed by atoms with Crippen molar-refractivity contribution in [2.24, 2.45) is 0 Å². The second-order valence-corrected chi connectivity index (χ2v) is 7.64. The van der Waals surface area contributed by atoms with Gasteiger partial charge in [0.2, 0.25) is 6.10 Å². The normalized spacial score (nSPS) is 14.1. The van der Waals surface area contributed by atoms with Crippen LogP contribution in [0.25, 0.3) is 0 Å². The summed E-state index contributed by atoms with van der Waals surface area (Å²) in [5.74, 6) is -1.07. The van der Waals surface area contributed by atoms with Crippen molar-refractivity contribution in [1.29, 1.82) is 0 Å². The average molecular weight is 482 g/mol. The van der Waals surface area contributed by atoms with Crippen LogP contribution in [0.15, 0.2) is 72.8 Å². The smallest absolute Gasteiger partial charge is 0.342 e. The van der Waals surface area contributed by atoms with Gasteiger partial charge in [-0.3, -0.25) is 14.9 Å². The topological polar surface area (TPSA) is 100 Å². The molecule has 3 aromatic rings. The van der Waals surface area contributed by atoms with Crippen LogP contribution in [-0.4, -0.2) is 37.1 Å². The standard InChI is InChI=1S/C25H20ClNO7/c26-18-9-3-1-7-16(18)13-31-19-10-4-2-8-17(19)25(30)33-15-23(28)27-24(29)22-14-32-20-11-5-6-12-21(20)34-22/h1-12,22H,13-15H2,(H,27,28,29)/t22-/m1/s1. The Morgan fingerprint density at radius 1 is 0.941 bits per heavy atom. The molecule has 0 aliphatic carbocycles. The maximum atomic E-state index is 12.5. The molecule has 0 saturated carbocycles. The van der Waals surface area contributed by atoms with E-state index < -0.39 is 30.5 Å². The summed E-state index contributed by atoms with van der Waals surface area (Å²) in [7, 11) is 0. The van der Waals surface area contributed by atoms with Gasteiger partial charge in [-0.2, -0.15) is 0 Å². The number of carbonyl (C=O) groups excluding carboxylic acids is 3. The molecule has 0 unspecified atom stereocenters. The third kappa shape index (κ3) is 5.65. The Kier molecular flexibility index (Phi) is 7.29. The fourth-order valence-electron chi connectivity index (χ4n) is 3.14. The quantitative estimate of drug-likeness (QED) is 0.515. The molecule has 0 fully saturated rings. The fourth-order valence-corrected chi connectivity index (χ4v) is 3.33. The van der Waals surface area contributed by atoms with Crippen molar-refractivity contribution in [2.45, 2.75) is 12.7 Å². The molecule has 34 heavy (non-hydrogen) atoms. The van der Waals surface area contributed by atoms with Gasteiger partial charge in [0.1, 0.15) is 24.5 Å². The highest BCUT2D eigenvalue weighted by Gasteiger charge is 2.28. The summed E-state index contributed by atoms with van der Waals surface area (Å²) < 4.78 is 21.8. The molecule has 174 valence electrons. The van der Waals surface area contributed by atoms with Gasteiger partial charge < -0.3 is 18.9 Å². The first-order chi connectivity index (χ1) is 16.5. The molecule has 3 aromatic carbocycles. The molecular weight excluding hydrogens is 462 g/mol. The van der Waals surface area contributed by atoms with Crippen LogP contribution in [0.2, 0.25) is 5.02 Å². The molecule has 1 aliphatic rings. The van der Waals surface area contributed by atoms with Crippen LogP contribution in [0, 0.1) is 0 Å². The molecule has 1 atom stereocenters. The van der Waals surface area contributed by atoms with Gasteiger partial charge in [0.25, 0.3) is 11.8 Å². The Hall–Kier alpha value is -4.04. The number of hydrogen-bond donors (Lipinski definition) is 1. The number of esters is 1. The van der Waals surface area contributed by atoms with Gasteiger partial charge in [-0.1, -0.05) is 54.1 Å². The second-order valence-electron chi connectivity index (χ2n) is 7.23. The molecule has 0 aromatic heterocycles. The van der Waals surface area contributed by atoms with Crippen molar-refractivity contribution >= 4 is 29.4 Å². The third-order valence-corrected chi connectivity index (χ3v) is 5.21. The first-order valence-corrected chi connectivity index (χ1v) is 10.7. The predicted molar refractivity (Wildman–Crippen MR) is 122 cm³/mol. The molecule has 1 N–H and O–H groups in total. The Morgan fingerprint density at radius 2 is 1.65 bits per heavy atom. The average Bonchev–Trinajstić information content (AvgIpc) is 2.86. The number of amides is 2. The van der Waals surface area contributed by atoms with E-state index in [4.69, 9.17) is 30.5 Å². The fraction of sp³-hybridized carbons (Fsp3) is 0.160. The highest BCUT2D eigenvalue weighted by atomic mass is 35.5. The molecule has 0 saturated heterocycles. The summed E-state index contributed by atoms with van der Waals surface area (Å²) in [6.45, 7) is -0.564. The van der Waals surface area contributed by atoms with Gasteiger partial charge >= 0.3 is 5.97 Å².